The molecule has 0 fully saturated rings. The molecule has 2 N–H and O–H groups in total. The van der Waals surface area contributed by atoms with Gasteiger partial charge in [-0.2, -0.15) is 0 Å². The number of hydrogen-bond donors (Lipinski definition) is 1. The van der Waals surface area contributed by atoms with E-state index in [1.54, 1.807) is 0 Å². The number of anilines is 1. The second-order valence-electron chi connectivity index (χ2n) is 5.26. The minimum absolute atomic E-state index is 0.867. The number of nitrogens with two attached hydrogens (primary N) is 1. The van der Waals surface area contributed by atoms with Crippen molar-refractivity contribution in [1.82, 2.24) is 9.88 Å². The number of hydrogen-bond acceptors (Lipinski definition) is 3. The number of aryl methyl sites for hydroxylation is 2. The van der Waals surface area contributed by atoms with E-state index in [0.29, 0.717) is 0 Å². The van der Waals surface area contributed by atoms with Crippen LogP contribution >= 0.6 is 0 Å². The van der Waals surface area contributed by atoms with Crippen LogP contribution in [0.1, 0.15) is 29.4 Å². The maximum Gasteiger partial charge on any atom is 0.0547 e. The van der Waals surface area contributed by atoms with Gasteiger partial charge in [-0.15, -0.1) is 0 Å². The third-order valence-electron chi connectivity index (χ3n) is 3.53. The van der Waals surface area contributed by atoms with Gasteiger partial charge in [-0.1, -0.05) is 25.1 Å². The molecule has 0 aliphatic carbocycles. The Morgan fingerprint density at radius 1 is 1.10 bits per heavy atom. The van der Waals surface area contributed by atoms with E-state index in [-0.39, 0.29) is 0 Å². The first-order valence-corrected chi connectivity index (χ1v) is 7.08. The lowest BCUT2D eigenvalue weighted by atomic mass is 10.1. The number of benzene rings is 1. The Morgan fingerprint density at radius 2 is 1.90 bits per heavy atom. The summed E-state index contributed by atoms with van der Waals surface area (Å²) in [4.78, 5) is 6.93. The maximum absolute atomic E-state index is 5.98. The standard InChI is InChI=1S/C17H23N3/c1-4-20(12-16-7-5-6-14(3)19-16)11-15-9-8-13(2)17(18)10-15/h5-10H,4,11-12,18H2,1-3H3. The average molecular weight is 269 g/mol. The summed E-state index contributed by atoms with van der Waals surface area (Å²) in [5.74, 6) is 0. The quantitative estimate of drug-likeness (QED) is 0.847. The van der Waals surface area contributed by atoms with Gasteiger partial charge >= 0.3 is 0 Å². The molecule has 0 atom stereocenters. The van der Waals surface area contributed by atoms with Gasteiger partial charge in [-0.25, -0.2) is 0 Å². The van der Waals surface area contributed by atoms with E-state index < -0.39 is 0 Å². The highest BCUT2D eigenvalue weighted by molar-refractivity contribution is 5.48. The monoisotopic (exact) mass is 269 g/mol. The zero-order valence-electron chi connectivity index (χ0n) is 12.6. The van der Waals surface area contributed by atoms with Crippen molar-refractivity contribution in [3.05, 3.63) is 58.9 Å². The Balaban J connectivity index is 2.07. The van der Waals surface area contributed by atoms with Crippen molar-refractivity contribution in [2.75, 3.05) is 12.3 Å². The van der Waals surface area contributed by atoms with Crippen LogP contribution in [-0.2, 0) is 13.1 Å². The largest absolute Gasteiger partial charge is 0.399 e. The van der Waals surface area contributed by atoms with Gasteiger partial charge < -0.3 is 5.73 Å². The minimum Gasteiger partial charge on any atom is -0.399 e. The van der Waals surface area contributed by atoms with E-state index in [1.165, 1.54) is 5.56 Å². The van der Waals surface area contributed by atoms with Gasteiger partial charge in [0, 0.05) is 24.5 Å². The summed E-state index contributed by atoms with van der Waals surface area (Å²) in [7, 11) is 0. The van der Waals surface area contributed by atoms with Crippen LogP contribution in [0.25, 0.3) is 0 Å². The molecule has 1 aromatic carbocycles. The van der Waals surface area contributed by atoms with Gasteiger partial charge in [0.1, 0.15) is 0 Å². The fraction of sp³-hybridized carbons (Fsp3) is 0.353. The van der Waals surface area contributed by atoms with Crippen LogP contribution in [0.2, 0.25) is 0 Å². The summed E-state index contributed by atoms with van der Waals surface area (Å²) >= 11 is 0. The highest BCUT2D eigenvalue weighted by Gasteiger charge is 2.07. The van der Waals surface area contributed by atoms with Gasteiger partial charge in [0.15, 0.2) is 0 Å². The Morgan fingerprint density at radius 3 is 2.55 bits per heavy atom. The van der Waals surface area contributed by atoms with Crippen LogP contribution in [-0.4, -0.2) is 16.4 Å². The molecule has 0 bridgehead atoms. The fourth-order valence-corrected chi connectivity index (χ4v) is 2.24. The first kappa shape index (κ1) is 14.5. The highest BCUT2D eigenvalue weighted by Crippen LogP contribution is 2.15. The Hall–Kier alpha value is -1.87. The molecule has 0 amide bonds. The van der Waals surface area contributed by atoms with Gasteiger partial charge in [0.25, 0.3) is 0 Å². The molecular formula is C17H23N3. The van der Waals surface area contributed by atoms with E-state index in [0.717, 1.165) is 42.3 Å². The number of nitrogen functional groups attached to an aromatic ring is 1. The van der Waals surface area contributed by atoms with E-state index in [2.05, 4.69) is 47.1 Å². The Labute approximate surface area is 121 Å². The van der Waals surface area contributed by atoms with E-state index >= 15 is 0 Å². The summed E-state index contributed by atoms with van der Waals surface area (Å²) in [5, 5.41) is 0. The molecule has 0 aliphatic heterocycles. The molecule has 0 radical (unpaired) electrons. The lowest BCUT2D eigenvalue weighted by Gasteiger charge is -2.20. The molecule has 2 rings (SSSR count). The van der Waals surface area contributed by atoms with Crippen LogP contribution in [0.3, 0.4) is 0 Å². The van der Waals surface area contributed by atoms with Crippen molar-refractivity contribution < 1.29 is 0 Å². The van der Waals surface area contributed by atoms with Crippen molar-refractivity contribution in [2.24, 2.45) is 0 Å². The lowest BCUT2D eigenvalue weighted by Crippen LogP contribution is -2.23. The molecule has 0 saturated heterocycles. The summed E-state index contributed by atoms with van der Waals surface area (Å²) in [6, 6.07) is 12.5. The minimum atomic E-state index is 0.867. The molecular weight excluding hydrogens is 246 g/mol. The number of aromatic nitrogens is 1. The molecule has 0 saturated carbocycles. The number of rotatable bonds is 5. The molecule has 0 unspecified atom stereocenters. The molecule has 3 heteroatoms. The highest BCUT2D eigenvalue weighted by atomic mass is 15.1. The van der Waals surface area contributed by atoms with Crippen LogP contribution < -0.4 is 5.73 Å². The molecule has 0 aliphatic rings. The third kappa shape index (κ3) is 3.81. The SMILES string of the molecule is CCN(Cc1ccc(C)c(N)c1)Cc1cccc(C)n1. The Bertz CT molecular complexity index is 578. The third-order valence-corrected chi connectivity index (χ3v) is 3.53. The van der Waals surface area contributed by atoms with Gasteiger partial charge in [-0.3, -0.25) is 9.88 Å². The number of nitrogens with zero attached hydrogens (tertiary/aromatic N) is 2. The topological polar surface area (TPSA) is 42.1 Å². The smallest absolute Gasteiger partial charge is 0.0547 e. The van der Waals surface area contributed by atoms with E-state index in [9.17, 15) is 0 Å². The molecule has 1 heterocycles. The van der Waals surface area contributed by atoms with Crippen LogP contribution in [0, 0.1) is 13.8 Å². The van der Waals surface area contributed by atoms with Crippen molar-refractivity contribution in [2.45, 2.75) is 33.9 Å². The normalized spacial score (nSPS) is 11.0. The van der Waals surface area contributed by atoms with Crippen molar-refractivity contribution in [1.29, 1.82) is 0 Å². The molecule has 3 nitrogen and oxygen atoms in total. The molecule has 2 aromatic rings. The molecule has 0 spiro atoms. The zero-order chi connectivity index (χ0) is 14.5. The predicted octanol–water partition coefficient (Wildman–Crippen LogP) is 3.30. The fourth-order valence-electron chi connectivity index (χ4n) is 2.24. The van der Waals surface area contributed by atoms with Gasteiger partial charge in [0.2, 0.25) is 0 Å². The first-order valence-electron chi connectivity index (χ1n) is 7.08. The van der Waals surface area contributed by atoms with E-state index in [4.69, 9.17) is 5.73 Å². The second-order valence-corrected chi connectivity index (χ2v) is 5.26. The van der Waals surface area contributed by atoms with Crippen molar-refractivity contribution in [3.8, 4) is 0 Å². The van der Waals surface area contributed by atoms with Crippen LogP contribution in [0.4, 0.5) is 5.69 Å². The van der Waals surface area contributed by atoms with Gasteiger partial charge in [-0.05, 0) is 49.7 Å². The zero-order valence-corrected chi connectivity index (χ0v) is 12.6. The summed E-state index contributed by atoms with van der Waals surface area (Å²) < 4.78 is 0. The Kier molecular flexibility index (Phi) is 4.74. The van der Waals surface area contributed by atoms with Crippen LogP contribution in [0.15, 0.2) is 36.4 Å². The van der Waals surface area contributed by atoms with Crippen LogP contribution in [0.5, 0.6) is 0 Å². The summed E-state index contributed by atoms with van der Waals surface area (Å²) in [6.45, 7) is 8.99. The summed E-state index contributed by atoms with van der Waals surface area (Å²) in [5.41, 5.74) is 11.4. The molecule has 20 heavy (non-hydrogen) atoms. The van der Waals surface area contributed by atoms with Gasteiger partial charge in [0.05, 0.1) is 5.69 Å². The predicted molar refractivity (Wildman–Crippen MR) is 84.4 cm³/mol. The molecule has 1 aromatic heterocycles. The second kappa shape index (κ2) is 6.53. The lowest BCUT2D eigenvalue weighted by molar-refractivity contribution is 0.268. The maximum atomic E-state index is 5.98. The summed E-state index contributed by atoms with van der Waals surface area (Å²) in [6.07, 6.45) is 0. The first-order chi connectivity index (χ1) is 9.58. The van der Waals surface area contributed by atoms with Crippen molar-refractivity contribution in [3.63, 3.8) is 0 Å². The van der Waals surface area contributed by atoms with Crippen molar-refractivity contribution >= 4 is 5.69 Å². The molecule has 106 valence electrons. The van der Waals surface area contributed by atoms with E-state index in [1.807, 2.05) is 19.9 Å². The average Bonchev–Trinajstić information content (AvgIpc) is 2.42. The number of pyridine rings is 1.